The predicted molar refractivity (Wildman–Crippen MR) is 81.9 cm³/mol. The van der Waals surface area contributed by atoms with Crippen molar-refractivity contribution in [3.8, 4) is 0 Å². The monoisotopic (exact) mass is 305 g/mol. The molecule has 0 radical (unpaired) electrons. The largest absolute Gasteiger partial charge is 0.389 e. The molecule has 2 aromatic rings. The molecular weight excluding hydrogens is 289 g/mol. The molecule has 0 aliphatic heterocycles. The molecule has 0 aliphatic rings. The number of halogens is 1. The Bertz CT molecular complexity index is 641. The minimum Gasteiger partial charge on any atom is -0.389 e. The van der Waals surface area contributed by atoms with E-state index in [1.54, 1.807) is 25.1 Å². The van der Waals surface area contributed by atoms with Gasteiger partial charge in [0.05, 0.1) is 6.10 Å². The van der Waals surface area contributed by atoms with Crippen LogP contribution in [-0.4, -0.2) is 11.0 Å². The van der Waals surface area contributed by atoms with E-state index in [0.717, 1.165) is 15.5 Å². The third-order valence-electron chi connectivity index (χ3n) is 2.82. The molecule has 21 heavy (non-hydrogen) atoms. The Kier molecular flexibility index (Phi) is 4.98. The molecule has 0 aromatic heterocycles. The highest BCUT2D eigenvalue weighted by molar-refractivity contribution is 7.99. The van der Waals surface area contributed by atoms with E-state index < -0.39 is 6.10 Å². The van der Waals surface area contributed by atoms with E-state index in [9.17, 15) is 14.3 Å². The number of carbonyl (C=O) groups is 1. The molecule has 1 unspecified atom stereocenters. The predicted octanol–water partition coefficient (Wildman–Crippen LogP) is 3.99. The van der Waals surface area contributed by atoms with Crippen LogP contribution in [0, 0.1) is 5.82 Å². The average molecular weight is 305 g/mol. The third kappa shape index (κ3) is 4.31. The molecule has 3 nitrogen and oxygen atoms in total. The fraction of sp³-hybridized carbons (Fsp3) is 0.188. The van der Waals surface area contributed by atoms with Crippen molar-refractivity contribution < 1.29 is 14.3 Å². The van der Waals surface area contributed by atoms with Gasteiger partial charge in [0.25, 0.3) is 0 Å². The molecule has 0 fully saturated rings. The summed E-state index contributed by atoms with van der Waals surface area (Å²) >= 11 is 1.44. The standard InChI is InChI=1S/C16H16FNO2S/c1-10(19)15-9-12(17)3-8-16(15)21-14-6-4-13(5-7-14)18-11(2)20/h3-10,19H,1-2H3,(H,18,20). The second kappa shape index (κ2) is 6.74. The zero-order valence-electron chi connectivity index (χ0n) is 11.8. The molecule has 0 aliphatic carbocycles. The first kappa shape index (κ1) is 15.5. The van der Waals surface area contributed by atoms with Crippen molar-refractivity contribution in [2.45, 2.75) is 29.7 Å². The smallest absolute Gasteiger partial charge is 0.221 e. The van der Waals surface area contributed by atoms with Crippen molar-refractivity contribution in [3.63, 3.8) is 0 Å². The van der Waals surface area contributed by atoms with Crippen LogP contribution in [0.3, 0.4) is 0 Å². The summed E-state index contributed by atoms with van der Waals surface area (Å²) in [5.41, 5.74) is 1.28. The Hall–Kier alpha value is -1.85. The lowest BCUT2D eigenvalue weighted by Crippen LogP contribution is -2.05. The number of anilines is 1. The Morgan fingerprint density at radius 3 is 2.48 bits per heavy atom. The van der Waals surface area contributed by atoms with Gasteiger partial charge in [0.15, 0.2) is 0 Å². The quantitative estimate of drug-likeness (QED) is 0.898. The van der Waals surface area contributed by atoms with Gasteiger partial charge in [-0.3, -0.25) is 4.79 Å². The molecule has 0 heterocycles. The van der Waals surface area contributed by atoms with Crippen LogP contribution in [0.5, 0.6) is 0 Å². The van der Waals surface area contributed by atoms with Gasteiger partial charge in [-0.15, -0.1) is 0 Å². The molecule has 0 spiro atoms. The number of hydrogen-bond acceptors (Lipinski definition) is 3. The second-order valence-electron chi connectivity index (χ2n) is 4.67. The van der Waals surface area contributed by atoms with Crippen molar-refractivity contribution in [3.05, 3.63) is 53.8 Å². The summed E-state index contributed by atoms with van der Waals surface area (Å²) in [5, 5.41) is 12.4. The summed E-state index contributed by atoms with van der Waals surface area (Å²) in [7, 11) is 0. The van der Waals surface area contributed by atoms with Crippen LogP contribution in [0.4, 0.5) is 10.1 Å². The first-order chi connectivity index (χ1) is 9.95. The summed E-state index contributed by atoms with van der Waals surface area (Å²) in [5.74, 6) is -0.485. The number of benzene rings is 2. The topological polar surface area (TPSA) is 49.3 Å². The number of aliphatic hydroxyl groups is 1. The minimum atomic E-state index is -0.734. The van der Waals surface area contributed by atoms with Crippen LogP contribution in [0.15, 0.2) is 52.3 Å². The van der Waals surface area contributed by atoms with E-state index in [0.29, 0.717) is 5.56 Å². The van der Waals surface area contributed by atoms with E-state index in [2.05, 4.69) is 5.32 Å². The Morgan fingerprint density at radius 1 is 1.24 bits per heavy atom. The zero-order valence-corrected chi connectivity index (χ0v) is 12.6. The third-order valence-corrected chi connectivity index (χ3v) is 3.92. The van der Waals surface area contributed by atoms with E-state index in [1.165, 1.54) is 30.8 Å². The first-order valence-electron chi connectivity index (χ1n) is 6.48. The number of amides is 1. The number of carbonyl (C=O) groups excluding carboxylic acids is 1. The van der Waals surface area contributed by atoms with Crippen LogP contribution >= 0.6 is 11.8 Å². The van der Waals surface area contributed by atoms with Gasteiger partial charge in [0.2, 0.25) is 5.91 Å². The fourth-order valence-electron chi connectivity index (χ4n) is 1.88. The fourth-order valence-corrected chi connectivity index (χ4v) is 2.88. The molecule has 0 saturated carbocycles. The van der Waals surface area contributed by atoms with Gasteiger partial charge >= 0.3 is 0 Å². The average Bonchev–Trinajstić information content (AvgIpc) is 2.42. The first-order valence-corrected chi connectivity index (χ1v) is 7.30. The van der Waals surface area contributed by atoms with Crippen molar-refractivity contribution in [1.82, 2.24) is 0 Å². The summed E-state index contributed by atoms with van der Waals surface area (Å²) < 4.78 is 13.3. The normalized spacial score (nSPS) is 12.0. The van der Waals surface area contributed by atoms with Crippen LogP contribution < -0.4 is 5.32 Å². The summed E-state index contributed by atoms with van der Waals surface area (Å²) in [6.45, 7) is 3.06. The van der Waals surface area contributed by atoms with Crippen molar-refractivity contribution in [1.29, 1.82) is 0 Å². The van der Waals surface area contributed by atoms with Gasteiger partial charge in [-0.05, 0) is 55.0 Å². The second-order valence-corrected chi connectivity index (χ2v) is 5.78. The molecule has 2 rings (SSSR count). The number of hydrogen-bond donors (Lipinski definition) is 2. The molecule has 2 aromatic carbocycles. The Labute approximate surface area is 127 Å². The van der Waals surface area contributed by atoms with Crippen LogP contribution in [0.2, 0.25) is 0 Å². The molecule has 1 amide bonds. The summed E-state index contributed by atoms with van der Waals surface area (Å²) in [6, 6.07) is 11.7. The maximum absolute atomic E-state index is 13.3. The maximum Gasteiger partial charge on any atom is 0.221 e. The van der Waals surface area contributed by atoms with Crippen molar-refractivity contribution in [2.75, 3.05) is 5.32 Å². The lowest BCUT2D eigenvalue weighted by molar-refractivity contribution is -0.114. The van der Waals surface area contributed by atoms with Gasteiger partial charge in [-0.25, -0.2) is 4.39 Å². The van der Waals surface area contributed by atoms with Crippen molar-refractivity contribution in [2.24, 2.45) is 0 Å². The Balaban J connectivity index is 2.20. The SMILES string of the molecule is CC(=O)Nc1ccc(Sc2ccc(F)cc2C(C)O)cc1. The molecule has 5 heteroatoms. The highest BCUT2D eigenvalue weighted by Gasteiger charge is 2.10. The van der Waals surface area contributed by atoms with Gasteiger partial charge in [-0.2, -0.15) is 0 Å². The maximum atomic E-state index is 13.3. The van der Waals surface area contributed by atoms with Gasteiger partial charge in [0.1, 0.15) is 5.82 Å². The molecular formula is C16H16FNO2S. The van der Waals surface area contributed by atoms with Crippen LogP contribution in [-0.2, 0) is 4.79 Å². The molecule has 1 atom stereocenters. The number of rotatable bonds is 4. The Morgan fingerprint density at radius 2 is 1.90 bits per heavy atom. The summed E-state index contributed by atoms with van der Waals surface area (Å²) in [6.07, 6.45) is -0.734. The molecule has 0 bridgehead atoms. The molecule has 110 valence electrons. The van der Waals surface area contributed by atoms with E-state index in [4.69, 9.17) is 0 Å². The van der Waals surface area contributed by atoms with E-state index in [1.807, 2.05) is 12.1 Å². The number of aliphatic hydroxyl groups excluding tert-OH is 1. The lowest BCUT2D eigenvalue weighted by Gasteiger charge is -2.12. The highest BCUT2D eigenvalue weighted by atomic mass is 32.2. The number of nitrogens with one attached hydrogen (secondary N) is 1. The summed E-state index contributed by atoms with van der Waals surface area (Å²) in [4.78, 5) is 12.7. The highest BCUT2D eigenvalue weighted by Crippen LogP contribution is 2.34. The molecule has 2 N–H and O–H groups in total. The van der Waals surface area contributed by atoms with Gasteiger partial charge in [-0.1, -0.05) is 11.8 Å². The molecule has 0 saturated heterocycles. The minimum absolute atomic E-state index is 0.120. The van der Waals surface area contributed by atoms with Crippen molar-refractivity contribution >= 4 is 23.4 Å². The lowest BCUT2D eigenvalue weighted by atomic mass is 10.1. The van der Waals surface area contributed by atoms with Crippen LogP contribution in [0.25, 0.3) is 0 Å². The van der Waals surface area contributed by atoms with E-state index >= 15 is 0 Å². The van der Waals surface area contributed by atoms with E-state index in [-0.39, 0.29) is 11.7 Å². The zero-order chi connectivity index (χ0) is 15.4. The van der Waals surface area contributed by atoms with Gasteiger partial charge in [0, 0.05) is 22.4 Å². The van der Waals surface area contributed by atoms with Gasteiger partial charge < -0.3 is 10.4 Å². The van der Waals surface area contributed by atoms with Crippen LogP contribution in [0.1, 0.15) is 25.5 Å².